The van der Waals surface area contributed by atoms with Crippen LogP contribution in [0.5, 0.6) is 0 Å². The van der Waals surface area contributed by atoms with E-state index in [9.17, 15) is 14.7 Å². The minimum absolute atomic E-state index is 0.341. The van der Waals surface area contributed by atoms with E-state index in [2.05, 4.69) is 33.0 Å². The van der Waals surface area contributed by atoms with Crippen LogP contribution in [0, 0.1) is 5.92 Å². The van der Waals surface area contributed by atoms with Gasteiger partial charge in [-0.25, -0.2) is 4.79 Å². The fraction of sp³-hybridized carbons (Fsp3) is 0.304. The lowest BCUT2D eigenvalue weighted by atomic mass is 9.71. The maximum atomic E-state index is 13.0. The van der Waals surface area contributed by atoms with Gasteiger partial charge in [0.1, 0.15) is 11.0 Å². The third kappa shape index (κ3) is 4.74. The van der Waals surface area contributed by atoms with E-state index in [1.54, 1.807) is 0 Å². The Bertz CT molecular complexity index is 1040. The molecule has 1 aliphatic carbocycles. The molecule has 3 N–H and O–H groups in total. The number of hydrogen-bond donors (Lipinski definition) is 3. The molecule has 0 spiro atoms. The van der Waals surface area contributed by atoms with Crippen molar-refractivity contribution in [2.45, 2.75) is 37.6 Å². The quantitative estimate of drug-likeness (QED) is 0.513. The third-order valence-electron chi connectivity index (χ3n) is 5.74. The number of carboxylic acids is 1. The highest BCUT2D eigenvalue weighted by Gasteiger charge is 2.51. The van der Waals surface area contributed by atoms with Crippen LogP contribution in [0.3, 0.4) is 0 Å². The first-order chi connectivity index (χ1) is 15.1. The lowest BCUT2D eigenvalue weighted by Crippen LogP contribution is -2.57. The summed E-state index contributed by atoms with van der Waals surface area (Å²) in [4.78, 5) is 25.5. The molecule has 7 nitrogen and oxygen atoms in total. The number of carboxylic acid groups (broad SMARTS) is 1. The number of anilines is 2. The molecule has 0 bridgehead atoms. The Morgan fingerprint density at radius 2 is 1.90 bits per heavy atom. The topological polar surface area (TPSA) is 104 Å². The van der Waals surface area contributed by atoms with E-state index in [-0.39, 0.29) is 5.91 Å². The molecular weight excluding hydrogens is 412 g/mol. The molecule has 1 aliphatic rings. The molecule has 31 heavy (non-hydrogen) atoms. The summed E-state index contributed by atoms with van der Waals surface area (Å²) in [6.07, 6.45) is 3.16. The Morgan fingerprint density at radius 3 is 2.65 bits per heavy atom. The number of benzene rings is 2. The summed E-state index contributed by atoms with van der Waals surface area (Å²) in [7, 11) is 0. The molecule has 0 saturated heterocycles. The van der Waals surface area contributed by atoms with Crippen molar-refractivity contribution in [2.75, 3.05) is 10.6 Å². The molecule has 4 rings (SSSR count). The number of rotatable bonds is 7. The summed E-state index contributed by atoms with van der Waals surface area (Å²) in [6.45, 7) is 0. The molecule has 0 radical (unpaired) electrons. The number of carbonyl (C=O) groups is 2. The molecule has 2 atom stereocenters. The number of nitrogens with zero attached hydrogens (tertiary/aromatic N) is 2. The van der Waals surface area contributed by atoms with E-state index in [0.717, 1.165) is 24.8 Å². The van der Waals surface area contributed by atoms with Gasteiger partial charge in [0.15, 0.2) is 0 Å². The summed E-state index contributed by atoms with van der Waals surface area (Å²) in [5, 5.41) is 24.2. The normalized spacial score (nSPS) is 20.7. The maximum Gasteiger partial charge on any atom is 0.330 e. The van der Waals surface area contributed by atoms with Crippen molar-refractivity contribution in [2.24, 2.45) is 5.92 Å². The predicted octanol–water partition coefficient (Wildman–Crippen LogP) is 4.19. The molecule has 1 fully saturated rings. The van der Waals surface area contributed by atoms with Crippen molar-refractivity contribution in [3.63, 3.8) is 0 Å². The smallest absolute Gasteiger partial charge is 0.330 e. The summed E-state index contributed by atoms with van der Waals surface area (Å²) < 4.78 is 0. The van der Waals surface area contributed by atoms with Gasteiger partial charge in [-0.2, -0.15) is 0 Å². The van der Waals surface area contributed by atoms with Crippen LogP contribution in [0.15, 0.2) is 60.1 Å². The molecule has 1 saturated carbocycles. The van der Waals surface area contributed by atoms with E-state index in [4.69, 9.17) is 0 Å². The Balaban J connectivity index is 1.58. The fourth-order valence-electron chi connectivity index (χ4n) is 4.26. The van der Waals surface area contributed by atoms with Crippen LogP contribution >= 0.6 is 11.3 Å². The molecule has 1 aromatic heterocycles. The van der Waals surface area contributed by atoms with Crippen LogP contribution in [-0.4, -0.2) is 32.7 Å². The van der Waals surface area contributed by atoms with Gasteiger partial charge >= 0.3 is 5.97 Å². The van der Waals surface area contributed by atoms with Crippen LogP contribution in [0.1, 0.15) is 36.8 Å². The lowest BCUT2D eigenvalue weighted by molar-refractivity contribution is -0.148. The Morgan fingerprint density at radius 1 is 1.10 bits per heavy atom. The number of amides is 1. The zero-order chi connectivity index (χ0) is 21.7. The Hall–Kier alpha value is -3.26. The van der Waals surface area contributed by atoms with Crippen LogP contribution in [0.25, 0.3) is 0 Å². The minimum atomic E-state index is -1.38. The largest absolute Gasteiger partial charge is 0.479 e. The molecule has 1 amide bonds. The van der Waals surface area contributed by atoms with Gasteiger partial charge in [-0.15, -0.1) is 10.2 Å². The van der Waals surface area contributed by atoms with Gasteiger partial charge in [0, 0.05) is 5.69 Å². The molecular formula is C23H24N4O3S. The van der Waals surface area contributed by atoms with E-state index >= 15 is 0 Å². The monoisotopic (exact) mass is 436 g/mol. The number of carbonyl (C=O) groups excluding carboxylic acids is 1. The van der Waals surface area contributed by atoms with Crippen LogP contribution < -0.4 is 10.6 Å². The summed E-state index contributed by atoms with van der Waals surface area (Å²) in [5.74, 6) is -2.08. The average Bonchev–Trinajstić information content (AvgIpc) is 3.28. The second-order valence-electron chi connectivity index (χ2n) is 7.80. The average molecular weight is 437 g/mol. The summed E-state index contributed by atoms with van der Waals surface area (Å²) in [6, 6.07) is 17.9. The van der Waals surface area contributed by atoms with Gasteiger partial charge in [-0.05, 0) is 42.5 Å². The second kappa shape index (κ2) is 9.26. The van der Waals surface area contributed by atoms with Gasteiger partial charge in [-0.1, -0.05) is 66.6 Å². The number of nitrogens with one attached hydrogen (secondary N) is 2. The predicted molar refractivity (Wildman–Crippen MR) is 120 cm³/mol. The van der Waals surface area contributed by atoms with E-state index < -0.39 is 17.4 Å². The van der Waals surface area contributed by atoms with Gasteiger partial charge in [0.25, 0.3) is 0 Å². The highest BCUT2D eigenvalue weighted by Crippen LogP contribution is 2.38. The molecule has 2 unspecified atom stereocenters. The lowest BCUT2D eigenvalue weighted by Gasteiger charge is -2.41. The zero-order valence-electron chi connectivity index (χ0n) is 17.0. The summed E-state index contributed by atoms with van der Waals surface area (Å²) in [5.41, 5.74) is 3.10. The first-order valence-corrected chi connectivity index (χ1v) is 11.2. The standard InChI is InChI=1S/C23H24N4O3S/c28-20(25-22-27-24-15-31-22)19-11-4-5-12-23(19,21(29)30)26-18-10-6-9-17(14-18)13-16-7-2-1-3-8-16/h1-3,6-10,14-15,19,26H,4-5,11-13H2,(H,29,30)(H,25,27,28). The first-order valence-electron chi connectivity index (χ1n) is 10.3. The molecule has 3 aromatic rings. The minimum Gasteiger partial charge on any atom is -0.479 e. The van der Waals surface area contributed by atoms with Crippen LogP contribution in [-0.2, 0) is 16.0 Å². The molecule has 2 aromatic carbocycles. The summed E-state index contributed by atoms with van der Waals surface area (Å²) >= 11 is 1.21. The van der Waals surface area contributed by atoms with Crippen molar-refractivity contribution < 1.29 is 14.7 Å². The van der Waals surface area contributed by atoms with E-state index in [1.165, 1.54) is 22.4 Å². The highest BCUT2D eigenvalue weighted by molar-refractivity contribution is 7.13. The number of hydrogen-bond acceptors (Lipinski definition) is 6. The van der Waals surface area contributed by atoms with Gasteiger partial charge in [0.2, 0.25) is 11.0 Å². The van der Waals surface area contributed by atoms with Crippen LogP contribution in [0.4, 0.5) is 10.8 Å². The Kier molecular flexibility index (Phi) is 6.27. The van der Waals surface area contributed by atoms with Gasteiger partial charge < -0.3 is 15.7 Å². The van der Waals surface area contributed by atoms with Crippen molar-refractivity contribution in [3.8, 4) is 0 Å². The molecule has 1 heterocycles. The fourth-order valence-corrected chi connectivity index (χ4v) is 4.70. The number of aromatic nitrogens is 2. The van der Waals surface area contributed by atoms with Crippen molar-refractivity contribution in [1.29, 1.82) is 0 Å². The van der Waals surface area contributed by atoms with Crippen LogP contribution in [0.2, 0.25) is 0 Å². The van der Waals surface area contributed by atoms with Crippen molar-refractivity contribution in [3.05, 3.63) is 71.2 Å². The third-order valence-corrected chi connectivity index (χ3v) is 6.35. The maximum absolute atomic E-state index is 13.0. The molecule has 160 valence electrons. The SMILES string of the molecule is O=C(Nc1nncs1)C1CCCCC1(Nc1cccc(Cc2ccccc2)c1)C(=O)O. The van der Waals surface area contributed by atoms with Crippen molar-refractivity contribution in [1.82, 2.24) is 10.2 Å². The van der Waals surface area contributed by atoms with Gasteiger partial charge in [0.05, 0.1) is 5.92 Å². The first kappa shape index (κ1) is 21.0. The van der Waals surface area contributed by atoms with E-state index in [1.807, 2.05) is 42.5 Å². The van der Waals surface area contributed by atoms with E-state index in [0.29, 0.717) is 23.7 Å². The highest BCUT2D eigenvalue weighted by atomic mass is 32.1. The molecule has 8 heteroatoms. The molecule has 0 aliphatic heterocycles. The Labute approximate surface area is 184 Å². The second-order valence-corrected chi connectivity index (χ2v) is 8.63. The number of aliphatic carboxylic acids is 1. The van der Waals surface area contributed by atoms with Gasteiger partial charge in [-0.3, -0.25) is 4.79 Å². The zero-order valence-corrected chi connectivity index (χ0v) is 17.8. The van der Waals surface area contributed by atoms with Crippen molar-refractivity contribution >= 4 is 34.0 Å².